The van der Waals surface area contributed by atoms with Crippen LogP contribution >= 0.6 is 0 Å². The monoisotopic (exact) mass is 413 g/mol. The van der Waals surface area contributed by atoms with Crippen LogP contribution in [-0.4, -0.2) is 73.2 Å². The lowest BCUT2D eigenvalue weighted by Crippen LogP contribution is -3.16. The van der Waals surface area contributed by atoms with Crippen molar-refractivity contribution >= 4 is 17.8 Å². The third-order valence-electron chi connectivity index (χ3n) is 7.02. The van der Waals surface area contributed by atoms with Crippen LogP contribution in [0.25, 0.3) is 0 Å². The van der Waals surface area contributed by atoms with Crippen LogP contribution in [0.5, 0.6) is 0 Å². The second-order valence-electron chi connectivity index (χ2n) is 8.81. The molecule has 1 aromatic rings. The van der Waals surface area contributed by atoms with Crippen LogP contribution in [0.4, 0.5) is 4.79 Å². The maximum atomic E-state index is 13.4. The number of benzene rings is 1. The summed E-state index contributed by atoms with van der Waals surface area (Å²) in [6.45, 7) is 3.71. The van der Waals surface area contributed by atoms with Gasteiger partial charge in [0.05, 0.1) is 26.2 Å². The molecule has 3 fully saturated rings. The number of carbonyl (C=O) groups is 3. The van der Waals surface area contributed by atoms with E-state index in [0.29, 0.717) is 32.8 Å². The zero-order chi connectivity index (χ0) is 20.7. The Bertz CT molecular complexity index is 860. The first-order valence-electron chi connectivity index (χ1n) is 11.0. The highest BCUT2D eigenvalue weighted by Gasteiger charge is 2.54. The molecular formula is C22H29N4O4+. The van der Waals surface area contributed by atoms with E-state index in [1.165, 1.54) is 4.90 Å². The molecule has 2 atom stereocenters. The van der Waals surface area contributed by atoms with Crippen LogP contribution in [0.3, 0.4) is 0 Å². The number of imide groups is 1. The minimum absolute atomic E-state index is 0.0827. The SMILES string of the molecule is O=C([C@H]1CCCO1)N1CC[NH+](CN2C(=O)N[C@@]3(CCCc4ccccc43)C2=O)CC1. The average Bonchev–Trinajstić information content (AvgIpc) is 3.38. The summed E-state index contributed by atoms with van der Waals surface area (Å²) >= 11 is 0. The Morgan fingerprint density at radius 2 is 2.00 bits per heavy atom. The molecule has 0 unspecified atom stereocenters. The first-order chi connectivity index (χ1) is 14.6. The van der Waals surface area contributed by atoms with E-state index in [1.54, 1.807) is 0 Å². The molecule has 160 valence electrons. The lowest BCUT2D eigenvalue weighted by atomic mass is 9.76. The molecule has 5 rings (SSSR count). The second kappa shape index (κ2) is 7.67. The Labute approximate surface area is 176 Å². The fraction of sp³-hybridized carbons (Fsp3) is 0.591. The van der Waals surface area contributed by atoms with E-state index in [0.717, 1.165) is 54.8 Å². The Morgan fingerprint density at radius 3 is 2.77 bits per heavy atom. The van der Waals surface area contributed by atoms with Crippen LogP contribution < -0.4 is 10.2 Å². The number of carbonyl (C=O) groups excluding carboxylic acids is 3. The number of urea groups is 1. The third kappa shape index (κ3) is 3.18. The molecule has 0 bridgehead atoms. The topological polar surface area (TPSA) is 83.4 Å². The van der Waals surface area contributed by atoms with Gasteiger partial charge in [-0.1, -0.05) is 24.3 Å². The number of nitrogens with zero attached hydrogens (tertiary/aromatic N) is 2. The van der Waals surface area contributed by atoms with E-state index in [9.17, 15) is 14.4 Å². The summed E-state index contributed by atoms with van der Waals surface area (Å²) in [5, 5.41) is 3.02. The first-order valence-corrected chi connectivity index (χ1v) is 11.0. The first kappa shape index (κ1) is 19.5. The molecule has 3 heterocycles. The number of piperazine rings is 1. The van der Waals surface area contributed by atoms with Crippen molar-refractivity contribution in [3.8, 4) is 0 Å². The van der Waals surface area contributed by atoms with Crippen molar-refractivity contribution < 1.29 is 24.0 Å². The normalized spacial score (nSPS) is 29.4. The number of fused-ring (bicyclic) bond motifs is 2. The van der Waals surface area contributed by atoms with Crippen molar-refractivity contribution in [1.29, 1.82) is 0 Å². The Morgan fingerprint density at radius 1 is 1.20 bits per heavy atom. The summed E-state index contributed by atoms with van der Waals surface area (Å²) in [6, 6.07) is 7.64. The van der Waals surface area contributed by atoms with Gasteiger partial charge in [0.25, 0.3) is 11.8 Å². The quantitative estimate of drug-likeness (QED) is 0.663. The van der Waals surface area contributed by atoms with Gasteiger partial charge >= 0.3 is 6.03 Å². The van der Waals surface area contributed by atoms with Crippen molar-refractivity contribution in [2.45, 2.75) is 43.7 Å². The fourth-order valence-electron chi connectivity index (χ4n) is 5.36. The average molecular weight is 413 g/mol. The van der Waals surface area contributed by atoms with Crippen LogP contribution in [0.2, 0.25) is 0 Å². The minimum Gasteiger partial charge on any atom is -0.368 e. The molecule has 0 aromatic heterocycles. The maximum Gasteiger partial charge on any atom is 0.329 e. The summed E-state index contributed by atoms with van der Waals surface area (Å²) in [4.78, 5) is 43.1. The molecule has 0 radical (unpaired) electrons. The van der Waals surface area contributed by atoms with Crippen LogP contribution in [0.1, 0.15) is 36.8 Å². The standard InChI is InChI=1S/C22H28N4O4/c27-19(18-8-4-14-30-18)25-12-10-24(11-13-25)15-26-20(28)22(23-21(26)29)9-3-6-16-5-1-2-7-17(16)22/h1-2,5,7,18H,3-4,6,8-15H2,(H,23,29)/p+1/t18-,22-/m1/s1. The number of hydrogen-bond donors (Lipinski definition) is 2. The number of rotatable bonds is 3. The highest BCUT2D eigenvalue weighted by molar-refractivity contribution is 6.07. The molecule has 30 heavy (non-hydrogen) atoms. The molecule has 2 N–H and O–H groups in total. The van der Waals surface area contributed by atoms with E-state index in [2.05, 4.69) is 5.32 Å². The highest BCUT2D eigenvalue weighted by Crippen LogP contribution is 2.39. The number of hydrogen-bond acceptors (Lipinski definition) is 4. The van der Waals surface area contributed by atoms with Gasteiger partial charge in [0.15, 0.2) is 6.67 Å². The smallest absolute Gasteiger partial charge is 0.329 e. The number of nitrogens with one attached hydrogen (secondary N) is 2. The fourth-order valence-corrected chi connectivity index (χ4v) is 5.36. The Kier molecular flexibility index (Phi) is 4.99. The highest BCUT2D eigenvalue weighted by atomic mass is 16.5. The minimum atomic E-state index is -0.914. The summed E-state index contributed by atoms with van der Waals surface area (Å²) in [7, 11) is 0. The Balaban J connectivity index is 1.24. The van der Waals surface area contributed by atoms with E-state index in [4.69, 9.17) is 4.74 Å². The number of aryl methyl sites for hydroxylation is 1. The molecule has 4 aliphatic rings. The molecule has 8 nitrogen and oxygen atoms in total. The van der Waals surface area contributed by atoms with Gasteiger partial charge < -0.3 is 19.9 Å². The maximum absolute atomic E-state index is 13.4. The van der Waals surface area contributed by atoms with Crippen molar-refractivity contribution in [3.05, 3.63) is 35.4 Å². The van der Waals surface area contributed by atoms with E-state index >= 15 is 0 Å². The van der Waals surface area contributed by atoms with Crippen molar-refractivity contribution in [2.24, 2.45) is 0 Å². The zero-order valence-electron chi connectivity index (χ0n) is 17.2. The Hall–Kier alpha value is -2.45. The molecule has 1 aliphatic carbocycles. The van der Waals surface area contributed by atoms with Crippen LogP contribution in [0, 0.1) is 0 Å². The zero-order valence-corrected chi connectivity index (χ0v) is 17.2. The van der Waals surface area contributed by atoms with Gasteiger partial charge in [0.2, 0.25) is 0 Å². The largest absolute Gasteiger partial charge is 0.368 e. The van der Waals surface area contributed by atoms with Gasteiger partial charge in [-0.25, -0.2) is 9.69 Å². The number of quaternary nitrogens is 1. The van der Waals surface area contributed by atoms with Crippen LogP contribution in [-0.2, 0) is 26.3 Å². The van der Waals surface area contributed by atoms with Gasteiger partial charge in [-0.3, -0.25) is 9.59 Å². The second-order valence-corrected chi connectivity index (χ2v) is 8.81. The van der Waals surface area contributed by atoms with E-state index in [1.807, 2.05) is 29.2 Å². The van der Waals surface area contributed by atoms with Gasteiger partial charge in [-0.2, -0.15) is 0 Å². The third-order valence-corrected chi connectivity index (χ3v) is 7.02. The van der Waals surface area contributed by atoms with Crippen molar-refractivity contribution in [3.63, 3.8) is 0 Å². The number of amides is 4. The molecule has 1 spiro atoms. The summed E-state index contributed by atoms with van der Waals surface area (Å²) < 4.78 is 5.52. The lowest BCUT2D eigenvalue weighted by Gasteiger charge is -2.35. The summed E-state index contributed by atoms with van der Waals surface area (Å²) in [5.41, 5.74) is 1.18. The van der Waals surface area contributed by atoms with Gasteiger partial charge in [-0.15, -0.1) is 0 Å². The molecule has 8 heteroatoms. The summed E-state index contributed by atoms with van der Waals surface area (Å²) in [5.74, 6) is -0.0516. The van der Waals surface area contributed by atoms with E-state index < -0.39 is 5.54 Å². The van der Waals surface area contributed by atoms with Gasteiger partial charge in [0.1, 0.15) is 11.6 Å². The molecule has 1 aromatic carbocycles. The molecule has 3 saturated heterocycles. The molecule has 0 saturated carbocycles. The molecular weight excluding hydrogens is 384 g/mol. The van der Waals surface area contributed by atoms with Crippen LogP contribution in [0.15, 0.2) is 24.3 Å². The summed E-state index contributed by atoms with van der Waals surface area (Å²) in [6.07, 6.45) is 3.92. The van der Waals surface area contributed by atoms with E-state index in [-0.39, 0.29) is 23.9 Å². The lowest BCUT2D eigenvalue weighted by molar-refractivity contribution is -0.911. The molecule has 4 amide bonds. The molecule has 3 aliphatic heterocycles. The number of ether oxygens (including phenoxy) is 1. The van der Waals surface area contributed by atoms with Gasteiger partial charge in [0, 0.05) is 6.61 Å². The van der Waals surface area contributed by atoms with Crippen molar-refractivity contribution in [2.75, 3.05) is 39.5 Å². The van der Waals surface area contributed by atoms with Crippen molar-refractivity contribution in [1.82, 2.24) is 15.1 Å². The predicted octanol–water partition coefficient (Wildman–Crippen LogP) is -0.366. The predicted molar refractivity (Wildman–Crippen MR) is 108 cm³/mol. The van der Waals surface area contributed by atoms with Gasteiger partial charge in [-0.05, 0) is 43.2 Å².